The van der Waals surface area contributed by atoms with E-state index in [1.807, 2.05) is 24.3 Å². The number of amides is 1. The Labute approximate surface area is 116 Å². The van der Waals surface area contributed by atoms with Crippen molar-refractivity contribution in [2.45, 2.75) is 32.1 Å². The summed E-state index contributed by atoms with van der Waals surface area (Å²) in [6, 6.07) is 7.86. The summed E-state index contributed by atoms with van der Waals surface area (Å²) in [4.78, 5) is 13.4. The first-order valence-electron chi connectivity index (χ1n) is 7.17. The summed E-state index contributed by atoms with van der Waals surface area (Å²) >= 11 is 0. The van der Waals surface area contributed by atoms with Crippen LogP contribution in [0.3, 0.4) is 0 Å². The number of hydrogen-bond donors (Lipinski definition) is 0. The van der Waals surface area contributed by atoms with Gasteiger partial charge in [0.15, 0.2) is 0 Å². The average Bonchev–Trinajstić information content (AvgIpc) is 2.46. The van der Waals surface area contributed by atoms with Gasteiger partial charge in [-0.1, -0.05) is 43.5 Å². The molecule has 1 aliphatic carbocycles. The van der Waals surface area contributed by atoms with Crippen molar-refractivity contribution in [1.29, 1.82) is 0 Å². The van der Waals surface area contributed by atoms with Gasteiger partial charge in [-0.2, -0.15) is 0 Å². The average molecular weight is 257 g/mol. The molecule has 102 valence electrons. The second-order valence-corrected chi connectivity index (χ2v) is 5.58. The fraction of sp³-hybridized carbons (Fsp3) is 0.471. The minimum atomic E-state index is 0.0582. The molecule has 0 unspecified atom stereocenters. The molecule has 1 aromatic carbocycles. The largest absolute Gasteiger partial charge is 0.345 e. The van der Waals surface area contributed by atoms with E-state index in [4.69, 9.17) is 0 Å². The molecule has 0 aromatic heterocycles. The predicted molar refractivity (Wildman–Crippen MR) is 80.1 cm³/mol. The van der Waals surface area contributed by atoms with Gasteiger partial charge in [-0.15, -0.1) is 0 Å². The Balaban J connectivity index is 1.98. The molecule has 0 atom stereocenters. The number of rotatable bonds is 3. The third-order valence-electron chi connectivity index (χ3n) is 3.77. The zero-order valence-corrected chi connectivity index (χ0v) is 11.9. The molecule has 1 saturated carbocycles. The highest BCUT2D eigenvalue weighted by Gasteiger charge is 2.10. The van der Waals surface area contributed by atoms with Gasteiger partial charge >= 0.3 is 0 Å². The quantitative estimate of drug-likeness (QED) is 0.802. The first-order valence-corrected chi connectivity index (χ1v) is 7.17. The van der Waals surface area contributed by atoms with E-state index in [2.05, 4.69) is 12.2 Å². The lowest BCUT2D eigenvalue weighted by Gasteiger charge is -2.17. The number of nitrogens with zero attached hydrogens (tertiary/aromatic N) is 1. The van der Waals surface area contributed by atoms with Gasteiger partial charge in [-0.3, -0.25) is 4.79 Å². The number of carbonyl (C=O) groups is 1. The molecule has 1 aromatic rings. The molecule has 1 aliphatic rings. The van der Waals surface area contributed by atoms with Gasteiger partial charge in [-0.25, -0.2) is 0 Å². The Hall–Kier alpha value is -1.57. The number of hydrogen-bond acceptors (Lipinski definition) is 1. The highest BCUT2D eigenvalue weighted by atomic mass is 16.2. The molecule has 1 amide bonds. The van der Waals surface area contributed by atoms with E-state index >= 15 is 0 Å². The molecule has 0 heterocycles. The fourth-order valence-corrected chi connectivity index (χ4v) is 2.57. The lowest BCUT2D eigenvalue weighted by Crippen LogP contribution is -2.21. The SMILES string of the molecule is CN(C)C(=O)c1ccc(C=CC2CCCCC2)cc1. The van der Waals surface area contributed by atoms with E-state index in [0.29, 0.717) is 0 Å². The summed E-state index contributed by atoms with van der Waals surface area (Å²) in [5, 5.41) is 0. The van der Waals surface area contributed by atoms with Gasteiger partial charge in [0.25, 0.3) is 5.91 Å². The van der Waals surface area contributed by atoms with Crippen molar-refractivity contribution >= 4 is 12.0 Å². The topological polar surface area (TPSA) is 20.3 Å². The Morgan fingerprint density at radius 3 is 2.32 bits per heavy atom. The predicted octanol–water partition coefficient (Wildman–Crippen LogP) is 3.98. The first-order chi connectivity index (χ1) is 9.16. The molecule has 0 saturated heterocycles. The van der Waals surface area contributed by atoms with E-state index in [9.17, 15) is 4.79 Å². The van der Waals surface area contributed by atoms with E-state index in [-0.39, 0.29) is 5.91 Å². The van der Waals surface area contributed by atoms with Gasteiger partial charge in [0.1, 0.15) is 0 Å². The Morgan fingerprint density at radius 2 is 1.74 bits per heavy atom. The maximum Gasteiger partial charge on any atom is 0.253 e. The van der Waals surface area contributed by atoms with Crippen LogP contribution in [0.1, 0.15) is 48.0 Å². The first kappa shape index (κ1) is 13.9. The van der Waals surface area contributed by atoms with Gasteiger partial charge in [0.2, 0.25) is 0 Å². The van der Waals surface area contributed by atoms with Crippen molar-refractivity contribution in [2.24, 2.45) is 5.92 Å². The molecule has 0 N–H and O–H groups in total. The van der Waals surface area contributed by atoms with Gasteiger partial charge in [0, 0.05) is 19.7 Å². The fourth-order valence-electron chi connectivity index (χ4n) is 2.57. The molecule has 1 fully saturated rings. The van der Waals surface area contributed by atoms with E-state index in [0.717, 1.165) is 11.5 Å². The van der Waals surface area contributed by atoms with Crippen LogP contribution in [-0.2, 0) is 0 Å². The number of benzene rings is 1. The Morgan fingerprint density at radius 1 is 1.11 bits per heavy atom. The van der Waals surface area contributed by atoms with E-state index < -0.39 is 0 Å². The summed E-state index contributed by atoms with van der Waals surface area (Å²) in [5.74, 6) is 0.805. The summed E-state index contributed by atoms with van der Waals surface area (Å²) in [7, 11) is 3.55. The highest BCUT2D eigenvalue weighted by molar-refractivity contribution is 5.94. The van der Waals surface area contributed by atoms with Crippen LogP contribution in [-0.4, -0.2) is 24.9 Å². The minimum absolute atomic E-state index is 0.0582. The second-order valence-electron chi connectivity index (χ2n) is 5.58. The summed E-state index contributed by atoms with van der Waals surface area (Å²) in [6.45, 7) is 0. The highest BCUT2D eigenvalue weighted by Crippen LogP contribution is 2.25. The third kappa shape index (κ3) is 3.95. The second kappa shape index (κ2) is 6.55. The van der Waals surface area contributed by atoms with Crippen molar-refractivity contribution < 1.29 is 4.79 Å². The molecule has 19 heavy (non-hydrogen) atoms. The van der Waals surface area contributed by atoms with Crippen LogP contribution in [0.4, 0.5) is 0 Å². The lowest BCUT2D eigenvalue weighted by atomic mass is 9.89. The Bertz CT molecular complexity index is 439. The Kier molecular flexibility index (Phi) is 4.78. The molecule has 2 rings (SSSR count). The van der Waals surface area contributed by atoms with E-state index in [1.54, 1.807) is 19.0 Å². The molecular weight excluding hydrogens is 234 g/mol. The monoisotopic (exact) mass is 257 g/mol. The molecule has 0 aliphatic heterocycles. The van der Waals surface area contributed by atoms with Crippen molar-refractivity contribution in [1.82, 2.24) is 4.90 Å². The number of allylic oxidation sites excluding steroid dienone is 1. The maximum absolute atomic E-state index is 11.8. The molecule has 0 spiro atoms. The lowest BCUT2D eigenvalue weighted by molar-refractivity contribution is 0.0827. The van der Waals surface area contributed by atoms with Crippen molar-refractivity contribution in [3.05, 3.63) is 41.5 Å². The van der Waals surface area contributed by atoms with Gasteiger partial charge in [-0.05, 0) is 36.5 Å². The molecular formula is C17H23NO. The normalized spacial score (nSPS) is 16.7. The van der Waals surface area contributed by atoms with Crippen LogP contribution in [0.25, 0.3) is 6.08 Å². The summed E-state index contributed by atoms with van der Waals surface area (Å²) in [5.41, 5.74) is 1.93. The molecule has 2 nitrogen and oxygen atoms in total. The summed E-state index contributed by atoms with van der Waals surface area (Å²) in [6.07, 6.45) is 11.3. The zero-order chi connectivity index (χ0) is 13.7. The van der Waals surface area contributed by atoms with Crippen LogP contribution < -0.4 is 0 Å². The number of carbonyl (C=O) groups excluding carboxylic acids is 1. The standard InChI is InChI=1S/C17H23NO/c1-18(2)17(19)16-12-10-15(11-13-16)9-8-14-6-4-3-5-7-14/h8-14H,3-7H2,1-2H3. The third-order valence-corrected chi connectivity index (χ3v) is 3.77. The van der Waals surface area contributed by atoms with E-state index in [1.165, 1.54) is 37.7 Å². The smallest absolute Gasteiger partial charge is 0.253 e. The summed E-state index contributed by atoms with van der Waals surface area (Å²) < 4.78 is 0. The molecule has 0 bridgehead atoms. The van der Waals surface area contributed by atoms with Crippen LogP contribution in [0.2, 0.25) is 0 Å². The van der Waals surface area contributed by atoms with Crippen LogP contribution in [0.15, 0.2) is 30.3 Å². The minimum Gasteiger partial charge on any atom is -0.345 e. The maximum atomic E-state index is 11.8. The van der Waals surface area contributed by atoms with Gasteiger partial charge in [0.05, 0.1) is 0 Å². The zero-order valence-electron chi connectivity index (χ0n) is 11.9. The van der Waals surface area contributed by atoms with Crippen LogP contribution in [0, 0.1) is 5.92 Å². The van der Waals surface area contributed by atoms with Crippen LogP contribution >= 0.6 is 0 Å². The molecule has 2 heteroatoms. The molecule has 0 radical (unpaired) electrons. The van der Waals surface area contributed by atoms with Crippen molar-refractivity contribution in [2.75, 3.05) is 14.1 Å². The van der Waals surface area contributed by atoms with Crippen molar-refractivity contribution in [3.8, 4) is 0 Å². The van der Waals surface area contributed by atoms with Crippen molar-refractivity contribution in [3.63, 3.8) is 0 Å². The van der Waals surface area contributed by atoms with Gasteiger partial charge < -0.3 is 4.90 Å². The van der Waals surface area contributed by atoms with Crippen LogP contribution in [0.5, 0.6) is 0 Å².